The molecule has 34 heavy (non-hydrogen) atoms. The Bertz CT molecular complexity index is 1450. The van der Waals surface area contributed by atoms with E-state index in [4.69, 9.17) is 14.2 Å². The number of allylic oxidation sites excluding steroid dienone is 1. The van der Waals surface area contributed by atoms with Crippen LogP contribution in [0.5, 0.6) is 11.5 Å². The third kappa shape index (κ3) is 4.28. The smallest absolute Gasteiger partial charge is 0.338 e. The van der Waals surface area contributed by atoms with Crippen LogP contribution < -0.4 is 24.4 Å². The molecule has 0 radical (unpaired) electrons. The van der Waals surface area contributed by atoms with E-state index in [-0.39, 0.29) is 12.2 Å². The summed E-state index contributed by atoms with van der Waals surface area (Å²) < 4.78 is 18.2. The van der Waals surface area contributed by atoms with Gasteiger partial charge in [0.25, 0.3) is 5.56 Å². The van der Waals surface area contributed by atoms with Gasteiger partial charge in [-0.05, 0) is 61.7 Å². The SMILES string of the molecule is CCOC(=O)C1=C(C)N=c2s/c(=C/c3ccc(OC)cc3)c(=O)n2[C@@H]1c1ccc(C)c(OC)c1. The van der Waals surface area contributed by atoms with Crippen molar-refractivity contribution < 1.29 is 19.0 Å². The zero-order valence-corrected chi connectivity index (χ0v) is 20.6. The highest BCUT2D eigenvalue weighted by Crippen LogP contribution is 2.33. The number of esters is 1. The zero-order valence-electron chi connectivity index (χ0n) is 19.7. The summed E-state index contributed by atoms with van der Waals surface area (Å²) in [5.41, 5.74) is 3.21. The Morgan fingerprint density at radius 1 is 1.12 bits per heavy atom. The van der Waals surface area contributed by atoms with Crippen LogP contribution in [0.25, 0.3) is 6.08 Å². The Morgan fingerprint density at radius 3 is 2.50 bits per heavy atom. The second kappa shape index (κ2) is 9.69. The van der Waals surface area contributed by atoms with Gasteiger partial charge >= 0.3 is 5.97 Å². The van der Waals surface area contributed by atoms with Crippen molar-refractivity contribution in [2.75, 3.05) is 20.8 Å². The van der Waals surface area contributed by atoms with Crippen molar-refractivity contribution in [1.82, 2.24) is 4.57 Å². The standard InChI is InChI=1S/C26H26N2O5S/c1-6-33-25(30)22-16(3)27-26-28(23(22)18-10-7-15(2)20(14-18)32-5)24(29)21(34-26)13-17-8-11-19(31-4)12-9-17/h7-14,23H,6H2,1-5H3/b21-13+/t23-/m1/s1. The van der Waals surface area contributed by atoms with Gasteiger partial charge in [0.15, 0.2) is 4.80 Å². The highest BCUT2D eigenvalue weighted by Gasteiger charge is 2.33. The van der Waals surface area contributed by atoms with Crippen molar-refractivity contribution in [2.24, 2.45) is 4.99 Å². The summed E-state index contributed by atoms with van der Waals surface area (Å²) in [7, 11) is 3.20. The zero-order chi connectivity index (χ0) is 24.4. The normalized spacial score (nSPS) is 15.6. The molecule has 0 N–H and O–H groups in total. The molecule has 3 aromatic rings. The number of aromatic nitrogens is 1. The van der Waals surface area contributed by atoms with Crippen LogP contribution in [0.2, 0.25) is 0 Å². The van der Waals surface area contributed by atoms with Gasteiger partial charge in [-0.25, -0.2) is 9.79 Å². The second-order valence-electron chi connectivity index (χ2n) is 7.80. The van der Waals surface area contributed by atoms with Gasteiger partial charge in [0.2, 0.25) is 0 Å². The summed E-state index contributed by atoms with van der Waals surface area (Å²) in [5.74, 6) is 0.926. The highest BCUT2D eigenvalue weighted by molar-refractivity contribution is 7.07. The molecule has 0 spiro atoms. The average Bonchev–Trinajstić information content (AvgIpc) is 3.13. The minimum atomic E-state index is -0.678. The third-order valence-corrected chi connectivity index (χ3v) is 6.66. The predicted octanol–water partition coefficient (Wildman–Crippen LogP) is 3.12. The number of benzene rings is 2. The van der Waals surface area contributed by atoms with E-state index in [1.165, 1.54) is 11.3 Å². The number of ether oxygens (including phenoxy) is 3. The first-order valence-electron chi connectivity index (χ1n) is 10.9. The summed E-state index contributed by atoms with van der Waals surface area (Å²) in [6, 6.07) is 12.5. The Labute approximate surface area is 201 Å². The fraction of sp³-hybridized carbons (Fsp3) is 0.269. The number of carbonyl (C=O) groups excluding carboxylic acids is 1. The molecule has 1 aromatic heterocycles. The monoisotopic (exact) mass is 478 g/mol. The van der Waals surface area contributed by atoms with Crippen molar-refractivity contribution in [3.63, 3.8) is 0 Å². The number of nitrogens with zero attached hydrogens (tertiary/aromatic N) is 2. The average molecular weight is 479 g/mol. The molecular weight excluding hydrogens is 452 g/mol. The summed E-state index contributed by atoms with van der Waals surface area (Å²) in [6.45, 7) is 5.69. The molecule has 0 saturated carbocycles. The van der Waals surface area contributed by atoms with E-state index in [9.17, 15) is 9.59 Å². The van der Waals surface area contributed by atoms with Crippen LogP contribution in [0.15, 0.2) is 63.5 Å². The lowest BCUT2D eigenvalue weighted by Crippen LogP contribution is -2.40. The topological polar surface area (TPSA) is 79.1 Å². The minimum Gasteiger partial charge on any atom is -0.497 e. The van der Waals surface area contributed by atoms with Crippen LogP contribution in [0.1, 0.15) is 36.6 Å². The van der Waals surface area contributed by atoms with Gasteiger partial charge in [0.05, 0.1) is 42.7 Å². The second-order valence-corrected chi connectivity index (χ2v) is 8.81. The third-order valence-electron chi connectivity index (χ3n) is 5.68. The van der Waals surface area contributed by atoms with Gasteiger partial charge in [-0.15, -0.1) is 0 Å². The molecule has 2 aromatic carbocycles. The van der Waals surface area contributed by atoms with Crippen LogP contribution >= 0.6 is 11.3 Å². The number of rotatable bonds is 6. The molecule has 0 saturated heterocycles. The molecule has 7 nitrogen and oxygen atoms in total. The van der Waals surface area contributed by atoms with Crippen LogP contribution in [-0.4, -0.2) is 31.4 Å². The van der Waals surface area contributed by atoms with Crippen molar-refractivity contribution in [3.05, 3.63) is 90.1 Å². The lowest BCUT2D eigenvalue weighted by Gasteiger charge is -2.25. The first kappa shape index (κ1) is 23.5. The quantitative estimate of drug-likeness (QED) is 0.509. The predicted molar refractivity (Wildman–Crippen MR) is 131 cm³/mol. The van der Waals surface area contributed by atoms with Crippen LogP contribution in [0.3, 0.4) is 0 Å². The minimum absolute atomic E-state index is 0.224. The first-order chi connectivity index (χ1) is 16.4. The van der Waals surface area contributed by atoms with E-state index in [0.717, 1.165) is 22.4 Å². The fourth-order valence-electron chi connectivity index (χ4n) is 3.97. The maximum absolute atomic E-state index is 13.6. The fourth-order valence-corrected chi connectivity index (χ4v) is 5.01. The molecule has 8 heteroatoms. The number of thiazole rings is 1. The summed E-state index contributed by atoms with van der Waals surface area (Å²) >= 11 is 1.29. The Balaban J connectivity index is 1.94. The van der Waals surface area contributed by atoms with Crippen molar-refractivity contribution in [1.29, 1.82) is 0 Å². The van der Waals surface area contributed by atoms with Crippen molar-refractivity contribution in [2.45, 2.75) is 26.8 Å². The Morgan fingerprint density at radius 2 is 1.85 bits per heavy atom. The van der Waals surface area contributed by atoms with Crippen molar-refractivity contribution >= 4 is 23.4 Å². The van der Waals surface area contributed by atoms with Gasteiger partial charge in [-0.1, -0.05) is 35.6 Å². The van der Waals surface area contributed by atoms with E-state index < -0.39 is 12.0 Å². The molecule has 1 aliphatic rings. The number of hydrogen-bond donors (Lipinski definition) is 0. The lowest BCUT2D eigenvalue weighted by molar-refractivity contribution is -0.139. The van der Waals surface area contributed by atoms with Crippen LogP contribution in [0.4, 0.5) is 0 Å². The molecule has 0 aliphatic carbocycles. The van der Waals surface area contributed by atoms with Gasteiger partial charge in [0.1, 0.15) is 11.5 Å². The highest BCUT2D eigenvalue weighted by atomic mass is 32.1. The van der Waals surface area contributed by atoms with E-state index in [1.807, 2.05) is 55.5 Å². The lowest BCUT2D eigenvalue weighted by atomic mass is 9.95. The molecule has 1 atom stereocenters. The summed E-state index contributed by atoms with van der Waals surface area (Å²) in [5, 5.41) is 0. The van der Waals surface area contributed by atoms with E-state index in [1.54, 1.807) is 32.6 Å². The number of fused-ring (bicyclic) bond motifs is 1. The van der Waals surface area contributed by atoms with E-state index in [0.29, 0.717) is 26.4 Å². The molecule has 0 unspecified atom stereocenters. The molecule has 1 aliphatic heterocycles. The van der Waals surface area contributed by atoms with Gasteiger partial charge in [-0.3, -0.25) is 9.36 Å². The maximum atomic E-state index is 13.6. The molecule has 0 fully saturated rings. The number of carbonyl (C=O) groups is 1. The Hall–Kier alpha value is -3.65. The van der Waals surface area contributed by atoms with E-state index in [2.05, 4.69) is 4.99 Å². The molecule has 4 rings (SSSR count). The Kier molecular flexibility index (Phi) is 6.70. The number of hydrogen-bond acceptors (Lipinski definition) is 7. The van der Waals surface area contributed by atoms with E-state index >= 15 is 0 Å². The molecular formula is C26H26N2O5S. The molecule has 0 bridgehead atoms. The summed E-state index contributed by atoms with van der Waals surface area (Å²) in [6.07, 6.45) is 1.82. The molecule has 2 heterocycles. The number of aryl methyl sites for hydroxylation is 1. The molecule has 176 valence electrons. The van der Waals surface area contributed by atoms with Crippen molar-refractivity contribution in [3.8, 4) is 11.5 Å². The largest absolute Gasteiger partial charge is 0.497 e. The van der Waals surface area contributed by atoms with Gasteiger partial charge < -0.3 is 14.2 Å². The number of methoxy groups -OCH3 is 2. The van der Waals surface area contributed by atoms with Gasteiger partial charge in [-0.2, -0.15) is 0 Å². The van der Waals surface area contributed by atoms with Crippen LogP contribution in [-0.2, 0) is 9.53 Å². The molecule has 0 amide bonds. The van der Waals surface area contributed by atoms with Gasteiger partial charge in [0, 0.05) is 0 Å². The van der Waals surface area contributed by atoms with Crippen LogP contribution in [0, 0.1) is 6.92 Å². The first-order valence-corrected chi connectivity index (χ1v) is 11.7. The summed E-state index contributed by atoms with van der Waals surface area (Å²) in [4.78, 5) is 31.8. The maximum Gasteiger partial charge on any atom is 0.338 e.